The standard InChI is InChI=1S/C46H86O11/c1-3-5-7-9-11-13-15-17-18-19-20-21-23-24-26-28-30-32-34-39(47)54-36-38(37-55-46-43(51)41(49)42(50)44(57-46)45(52)53)56-40(48)35-33-31-29-27-25-22-16-14-12-10-8-6-4-2/h38,41-44,46,49-51H,3-37H2,1-2H3,(H,52,53). The minimum Gasteiger partial charge on any atom is -0.479 e. The van der Waals surface area contributed by atoms with Crippen LogP contribution in [0.4, 0.5) is 0 Å². The molecule has 1 aliphatic heterocycles. The Morgan fingerprint density at radius 3 is 1.19 bits per heavy atom. The Balaban J connectivity index is 2.31. The van der Waals surface area contributed by atoms with E-state index in [9.17, 15) is 34.8 Å². The Morgan fingerprint density at radius 1 is 0.474 bits per heavy atom. The first-order valence-electron chi connectivity index (χ1n) is 23.6. The molecular weight excluding hydrogens is 728 g/mol. The van der Waals surface area contributed by atoms with E-state index in [2.05, 4.69) is 13.8 Å². The van der Waals surface area contributed by atoms with Crippen LogP contribution in [-0.2, 0) is 33.3 Å². The van der Waals surface area contributed by atoms with Gasteiger partial charge >= 0.3 is 17.9 Å². The molecule has 0 spiro atoms. The Labute approximate surface area is 346 Å². The molecule has 0 saturated carbocycles. The van der Waals surface area contributed by atoms with Gasteiger partial charge in [-0.05, 0) is 12.8 Å². The second kappa shape index (κ2) is 37.2. The molecule has 11 heteroatoms. The van der Waals surface area contributed by atoms with E-state index in [1.54, 1.807) is 0 Å². The van der Waals surface area contributed by atoms with Gasteiger partial charge in [0.25, 0.3) is 0 Å². The van der Waals surface area contributed by atoms with Gasteiger partial charge in [0.05, 0.1) is 6.61 Å². The molecule has 0 aromatic rings. The Morgan fingerprint density at radius 2 is 0.825 bits per heavy atom. The number of aliphatic hydroxyl groups is 3. The molecule has 0 amide bonds. The number of esters is 2. The number of aliphatic hydroxyl groups excluding tert-OH is 3. The number of ether oxygens (including phenoxy) is 4. The zero-order chi connectivity index (χ0) is 41.8. The fourth-order valence-electron chi connectivity index (χ4n) is 7.47. The summed E-state index contributed by atoms with van der Waals surface area (Å²) in [6, 6.07) is 0. The van der Waals surface area contributed by atoms with Gasteiger partial charge in [0, 0.05) is 12.8 Å². The molecule has 4 N–H and O–H groups in total. The van der Waals surface area contributed by atoms with Crippen LogP contribution in [0.5, 0.6) is 0 Å². The van der Waals surface area contributed by atoms with E-state index >= 15 is 0 Å². The summed E-state index contributed by atoms with van der Waals surface area (Å²) < 4.78 is 21.8. The largest absolute Gasteiger partial charge is 0.479 e. The molecule has 1 saturated heterocycles. The average molecular weight is 815 g/mol. The number of aliphatic carboxylic acids is 1. The molecule has 1 fully saturated rings. The van der Waals surface area contributed by atoms with Gasteiger partial charge in [-0.3, -0.25) is 9.59 Å². The number of hydrogen-bond acceptors (Lipinski definition) is 10. The predicted molar refractivity (Wildman–Crippen MR) is 225 cm³/mol. The van der Waals surface area contributed by atoms with Gasteiger partial charge in [0.15, 0.2) is 18.5 Å². The maximum absolute atomic E-state index is 12.8. The van der Waals surface area contributed by atoms with E-state index in [1.807, 2.05) is 0 Å². The van der Waals surface area contributed by atoms with E-state index in [4.69, 9.17) is 18.9 Å². The third kappa shape index (κ3) is 29.1. The zero-order valence-electron chi connectivity index (χ0n) is 36.4. The van der Waals surface area contributed by atoms with E-state index < -0.39 is 54.7 Å². The molecule has 1 aliphatic rings. The highest BCUT2D eigenvalue weighted by molar-refractivity contribution is 5.73. The second-order valence-corrected chi connectivity index (χ2v) is 16.6. The summed E-state index contributed by atoms with van der Waals surface area (Å²) in [6.45, 7) is 3.84. The lowest BCUT2D eigenvalue weighted by molar-refractivity contribution is -0.298. The van der Waals surface area contributed by atoms with Crippen LogP contribution in [0.25, 0.3) is 0 Å². The number of unbranched alkanes of at least 4 members (excludes halogenated alkanes) is 29. The fourth-order valence-corrected chi connectivity index (χ4v) is 7.47. The van der Waals surface area contributed by atoms with Crippen molar-refractivity contribution in [2.75, 3.05) is 13.2 Å². The monoisotopic (exact) mass is 815 g/mol. The first kappa shape index (κ1) is 53.2. The number of carboxylic acid groups (broad SMARTS) is 1. The molecule has 1 heterocycles. The van der Waals surface area contributed by atoms with Gasteiger partial charge in [0.1, 0.15) is 24.9 Å². The van der Waals surface area contributed by atoms with Crippen molar-refractivity contribution in [1.82, 2.24) is 0 Å². The van der Waals surface area contributed by atoms with Gasteiger partial charge in [-0.2, -0.15) is 0 Å². The van der Waals surface area contributed by atoms with Gasteiger partial charge in [-0.25, -0.2) is 4.79 Å². The van der Waals surface area contributed by atoms with Gasteiger partial charge < -0.3 is 39.4 Å². The Bertz CT molecular complexity index is 963. The Kier molecular flexibility index (Phi) is 34.8. The highest BCUT2D eigenvalue weighted by Crippen LogP contribution is 2.23. The number of carbonyl (C=O) groups is 3. The van der Waals surface area contributed by atoms with Crippen molar-refractivity contribution in [2.24, 2.45) is 0 Å². The number of rotatable bonds is 40. The van der Waals surface area contributed by atoms with Crippen LogP contribution >= 0.6 is 0 Å². The van der Waals surface area contributed by atoms with Crippen molar-refractivity contribution in [3.05, 3.63) is 0 Å². The average Bonchev–Trinajstić information content (AvgIpc) is 3.19. The maximum Gasteiger partial charge on any atom is 0.335 e. The Hall–Kier alpha value is -1.79. The lowest BCUT2D eigenvalue weighted by Gasteiger charge is -2.38. The SMILES string of the molecule is CCCCCCCCCCCCCCCCCCCCC(=O)OCC(COC1OC(C(=O)O)C(O)C(O)C1O)OC(=O)CCCCCCCCCCCCCCC. The molecular formula is C46H86O11. The summed E-state index contributed by atoms with van der Waals surface area (Å²) in [7, 11) is 0. The molecule has 0 aliphatic carbocycles. The van der Waals surface area contributed by atoms with Crippen molar-refractivity contribution in [1.29, 1.82) is 0 Å². The topological polar surface area (TPSA) is 169 Å². The predicted octanol–water partition coefficient (Wildman–Crippen LogP) is 10.3. The van der Waals surface area contributed by atoms with Gasteiger partial charge in [0.2, 0.25) is 0 Å². The molecule has 0 aromatic heterocycles. The minimum atomic E-state index is -1.86. The summed E-state index contributed by atoms with van der Waals surface area (Å²) in [6.07, 6.45) is 28.7. The number of carbonyl (C=O) groups excluding carboxylic acids is 2. The molecule has 0 radical (unpaired) electrons. The molecule has 11 nitrogen and oxygen atoms in total. The lowest BCUT2D eigenvalue weighted by atomic mass is 9.99. The molecule has 1 rings (SSSR count). The van der Waals surface area contributed by atoms with Crippen LogP contribution in [-0.4, -0.2) is 88.4 Å². The van der Waals surface area contributed by atoms with Crippen molar-refractivity contribution >= 4 is 17.9 Å². The summed E-state index contributed by atoms with van der Waals surface area (Å²) in [4.78, 5) is 36.8. The maximum atomic E-state index is 12.8. The van der Waals surface area contributed by atoms with Gasteiger partial charge in [-0.1, -0.05) is 200 Å². The van der Waals surface area contributed by atoms with Crippen LogP contribution in [0.1, 0.15) is 226 Å². The first-order valence-corrected chi connectivity index (χ1v) is 23.6. The van der Waals surface area contributed by atoms with Crippen molar-refractivity contribution in [3.63, 3.8) is 0 Å². The second-order valence-electron chi connectivity index (χ2n) is 16.6. The zero-order valence-corrected chi connectivity index (χ0v) is 36.4. The van der Waals surface area contributed by atoms with E-state index in [1.165, 1.54) is 148 Å². The molecule has 0 aromatic carbocycles. The first-order chi connectivity index (χ1) is 27.7. The fraction of sp³-hybridized carbons (Fsp3) is 0.935. The quantitative estimate of drug-likeness (QED) is 0.0343. The third-order valence-electron chi connectivity index (χ3n) is 11.2. The smallest absolute Gasteiger partial charge is 0.335 e. The van der Waals surface area contributed by atoms with Crippen molar-refractivity contribution in [3.8, 4) is 0 Å². The van der Waals surface area contributed by atoms with E-state index in [0.29, 0.717) is 12.8 Å². The van der Waals surface area contributed by atoms with Crippen LogP contribution in [0.15, 0.2) is 0 Å². The molecule has 6 atom stereocenters. The summed E-state index contributed by atoms with van der Waals surface area (Å²) in [5.74, 6) is -2.42. The van der Waals surface area contributed by atoms with Gasteiger partial charge in [-0.15, -0.1) is 0 Å². The summed E-state index contributed by atoms with van der Waals surface area (Å²) >= 11 is 0. The van der Waals surface area contributed by atoms with Crippen LogP contribution < -0.4 is 0 Å². The van der Waals surface area contributed by atoms with Crippen LogP contribution in [0.3, 0.4) is 0 Å². The molecule has 6 unspecified atom stereocenters. The summed E-state index contributed by atoms with van der Waals surface area (Å²) in [5, 5.41) is 39.8. The number of hydrogen-bond donors (Lipinski definition) is 4. The number of carboxylic acids is 1. The molecule has 57 heavy (non-hydrogen) atoms. The van der Waals surface area contributed by atoms with E-state index in [-0.39, 0.29) is 26.1 Å². The minimum absolute atomic E-state index is 0.191. The normalized spacial score (nSPS) is 20.1. The summed E-state index contributed by atoms with van der Waals surface area (Å²) in [5.41, 5.74) is 0. The lowest BCUT2D eigenvalue weighted by Crippen LogP contribution is -2.60. The van der Waals surface area contributed by atoms with Crippen LogP contribution in [0.2, 0.25) is 0 Å². The van der Waals surface area contributed by atoms with Crippen LogP contribution in [0, 0.1) is 0 Å². The third-order valence-corrected chi connectivity index (χ3v) is 11.2. The van der Waals surface area contributed by atoms with Crippen molar-refractivity contribution < 1.29 is 53.8 Å². The highest BCUT2D eigenvalue weighted by atomic mass is 16.7. The van der Waals surface area contributed by atoms with E-state index in [0.717, 1.165) is 38.5 Å². The highest BCUT2D eigenvalue weighted by Gasteiger charge is 2.47. The molecule has 336 valence electrons. The molecule has 0 bridgehead atoms. The van der Waals surface area contributed by atoms with Crippen molar-refractivity contribution in [2.45, 2.75) is 263 Å².